The van der Waals surface area contributed by atoms with Crippen LogP contribution in [0.15, 0.2) is 36.9 Å². The molecule has 0 saturated carbocycles. The fourth-order valence-corrected chi connectivity index (χ4v) is 1.80. The van der Waals surface area contributed by atoms with Gasteiger partial charge in [-0.3, -0.25) is 4.79 Å². The quantitative estimate of drug-likeness (QED) is 0.781. The molecule has 116 valence electrons. The molecule has 0 fully saturated rings. The SMILES string of the molecule is C=Cc1nc(Nc2cccc(C(N)=O)c2)[nH]c1/C=C\C.CC. The van der Waals surface area contributed by atoms with Gasteiger partial charge in [0, 0.05) is 11.3 Å². The number of hydrogen-bond acceptors (Lipinski definition) is 3. The zero-order valence-corrected chi connectivity index (χ0v) is 13.2. The molecular formula is C17H22N4O. The van der Waals surface area contributed by atoms with Gasteiger partial charge in [0.05, 0.1) is 11.4 Å². The summed E-state index contributed by atoms with van der Waals surface area (Å²) in [5.74, 6) is 0.115. The lowest BCUT2D eigenvalue weighted by molar-refractivity contribution is 0.100. The zero-order chi connectivity index (χ0) is 16.5. The predicted octanol–water partition coefficient (Wildman–Crippen LogP) is 3.95. The smallest absolute Gasteiger partial charge is 0.248 e. The molecular weight excluding hydrogens is 276 g/mol. The molecule has 0 atom stereocenters. The number of anilines is 2. The number of nitrogens with zero attached hydrogens (tertiary/aromatic N) is 1. The van der Waals surface area contributed by atoms with Gasteiger partial charge in [-0.15, -0.1) is 0 Å². The van der Waals surface area contributed by atoms with E-state index in [0.29, 0.717) is 11.5 Å². The van der Waals surface area contributed by atoms with E-state index in [4.69, 9.17) is 5.73 Å². The summed E-state index contributed by atoms with van der Waals surface area (Å²) < 4.78 is 0. The molecule has 1 aromatic heterocycles. The van der Waals surface area contributed by atoms with Crippen molar-refractivity contribution in [2.75, 3.05) is 5.32 Å². The number of carbonyl (C=O) groups excluding carboxylic acids is 1. The first-order valence-electron chi connectivity index (χ1n) is 7.16. The molecule has 0 spiro atoms. The van der Waals surface area contributed by atoms with Crippen molar-refractivity contribution in [3.63, 3.8) is 0 Å². The van der Waals surface area contributed by atoms with Gasteiger partial charge in [0.25, 0.3) is 0 Å². The van der Waals surface area contributed by atoms with Crippen molar-refractivity contribution < 1.29 is 4.79 Å². The van der Waals surface area contributed by atoms with E-state index in [-0.39, 0.29) is 0 Å². The van der Waals surface area contributed by atoms with Crippen LogP contribution in [0.25, 0.3) is 12.2 Å². The number of carbonyl (C=O) groups is 1. The molecule has 1 heterocycles. The minimum absolute atomic E-state index is 0.444. The second kappa shape index (κ2) is 8.46. The van der Waals surface area contributed by atoms with Gasteiger partial charge in [0.1, 0.15) is 0 Å². The highest BCUT2D eigenvalue weighted by molar-refractivity contribution is 5.93. The summed E-state index contributed by atoms with van der Waals surface area (Å²) in [5.41, 5.74) is 8.06. The highest BCUT2D eigenvalue weighted by atomic mass is 16.1. The predicted molar refractivity (Wildman–Crippen MR) is 93.0 cm³/mol. The third-order valence-corrected chi connectivity index (χ3v) is 2.70. The van der Waals surface area contributed by atoms with Crippen molar-refractivity contribution in [2.45, 2.75) is 20.8 Å². The number of nitrogens with one attached hydrogen (secondary N) is 2. The van der Waals surface area contributed by atoms with Crippen LogP contribution in [-0.2, 0) is 0 Å². The molecule has 1 aromatic carbocycles. The molecule has 0 aliphatic rings. The second-order valence-electron chi connectivity index (χ2n) is 4.16. The Morgan fingerprint density at radius 1 is 1.41 bits per heavy atom. The van der Waals surface area contributed by atoms with E-state index < -0.39 is 5.91 Å². The fourth-order valence-electron chi connectivity index (χ4n) is 1.80. The molecule has 22 heavy (non-hydrogen) atoms. The maximum Gasteiger partial charge on any atom is 0.248 e. The van der Waals surface area contributed by atoms with Crippen LogP contribution in [0.2, 0.25) is 0 Å². The van der Waals surface area contributed by atoms with Crippen molar-refractivity contribution >= 4 is 29.7 Å². The summed E-state index contributed by atoms with van der Waals surface area (Å²) in [6.45, 7) is 9.65. The molecule has 1 amide bonds. The standard InChI is InChI=1S/C15H16N4O.C2H6/c1-3-6-13-12(4-2)18-15(19-13)17-11-8-5-7-10(9-11)14(16)20;1-2/h3-9H,2H2,1H3,(H2,16,20)(H2,17,18,19);1-2H3/b6-3-;. The van der Waals surface area contributed by atoms with Crippen molar-refractivity contribution in [2.24, 2.45) is 5.73 Å². The van der Waals surface area contributed by atoms with E-state index in [1.54, 1.807) is 24.3 Å². The average molecular weight is 298 g/mol. The van der Waals surface area contributed by atoms with Crippen molar-refractivity contribution in [3.05, 3.63) is 53.9 Å². The minimum atomic E-state index is -0.463. The fraction of sp³-hybridized carbons (Fsp3) is 0.176. The van der Waals surface area contributed by atoms with E-state index >= 15 is 0 Å². The molecule has 0 bridgehead atoms. The van der Waals surface area contributed by atoms with Gasteiger partial charge in [-0.25, -0.2) is 4.98 Å². The molecule has 0 unspecified atom stereocenters. The van der Waals surface area contributed by atoms with Crippen molar-refractivity contribution in [1.82, 2.24) is 9.97 Å². The van der Waals surface area contributed by atoms with Crippen LogP contribution in [-0.4, -0.2) is 15.9 Å². The van der Waals surface area contributed by atoms with E-state index in [1.165, 1.54) is 0 Å². The molecule has 4 N–H and O–H groups in total. The lowest BCUT2D eigenvalue weighted by Crippen LogP contribution is -2.10. The maximum absolute atomic E-state index is 11.1. The first-order chi connectivity index (χ1) is 10.6. The Balaban J connectivity index is 0.00000116. The lowest BCUT2D eigenvalue weighted by Gasteiger charge is -2.03. The summed E-state index contributed by atoms with van der Waals surface area (Å²) in [4.78, 5) is 18.6. The van der Waals surface area contributed by atoms with E-state index in [2.05, 4.69) is 21.9 Å². The summed E-state index contributed by atoms with van der Waals surface area (Å²) >= 11 is 0. The molecule has 2 rings (SSSR count). The van der Waals surface area contributed by atoms with Crippen LogP contribution in [0.5, 0.6) is 0 Å². The number of aromatic nitrogens is 2. The number of benzene rings is 1. The number of nitrogens with two attached hydrogens (primary N) is 1. The van der Waals surface area contributed by atoms with E-state index in [1.807, 2.05) is 39.0 Å². The molecule has 2 aromatic rings. The molecule has 0 saturated heterocycles. The molecule has 0 aliphatic carbocycles. The summed E-state index contributed by atoms with van der Waals surface area (Å²) in [6, 6.07) is 6.92. The Bertz CT molecular complexity index is 671. The molecule has 5 nitrogen and oxygen atoms in total. The number of rotatable bonds is 5. The number of allylic oxidation sites excluding steroid dienone is 1. The van der Waals surface area contributed by atoms with Crippen LogP contribution < -0.4 is 11.1 Å². The van der Waals surface area contributed by atoms with Gasteiger partial charge in [0.2, 0.25) is 11.9 Å². The van der Waals surface area contributed by atoms with Crippen molar-refractivity contribution in [1.29, 1.82) is 0 Å². The largest absolute Gasteiger partial charge is 0.366 e. The van der Waals surface area contributed by atoms with Gasteiger partial charge >= 0.3 is 0 Å². The highest BCUT2D eigenvalue weighted by Gasteiger charge is 2.06. The van der Waals surface area contributed by atoms with Crippen molar-refractivity contribution in [3.8, 4) is 0 Å². The normalized spacial score (nSPS) is 9.95. The van der Waals surface area contributed by atoms with Gasteiger partial charge in [-0.05, 0) is 37.3 Å². The zero-order valence-electron chi connectivity index (χ0n) is 13.2. The molecule has 0 aliphatic heterocycles. The minimum Gasteiger partial charge on any atom is -0.366 e. The number of hydrogen-bond donors (Lipinski definition) is 3. The number of amides is 1. The third-order valence-electron chi connectivity index (χ3n) is 2.70. The van der Waals surface area contributed by atoms with Gasteiger partial charge < -0.3 is 16.0 Å². The lowest BCUT2D eigenvalue weighted by atomic mass is 10.2. The summed E-state index contributed by atoms with van der Waals surface area (Å²) in [5, 5.41) is 3.10. The Morgan fingerprint density at radius 3 is 2.73 bits per heavy atom. The Kier molecular flexibility index (Phi) is 6.63. The van der Waals surface area contributed by atoms with Gasteiger partial charge in [-0.2, -0.15) is 0 Å². The van der Waals surface area contributed by atoms with Crippen LogP contribution in [0.4, 0.5) is 11.6 Å². The number of primary amides is 1. The first-order valence-corrected chi connectivity index (χ1v) is 7.16. The summed E-state index contributed by atoms with van der Waals surface area (Å²) in [7, 11) is 0. The maximum atomic E-state index is 11.1. The number of imidazole rings is 1. The molecule has 0 radical (unpaired) electrons. The number of aromatic amines is 1. The van der Waals surface area contributed by atoms with Crippen LogP contribution >= 0.6 is 0 Å². The van der Waals surface area contributed by atoms with Crippen LogP contribution in [0.1, 0.15) is 42.5 Å². The van der Waals surface area contributed by atoms with Crippen LogP contribution in [0.3, 0.4) is 0 Å². The average Bonchev–Trinajstić information content (AvgIpc) is 2.91. The topological polar surface area (TPSA) is 83.8 Å². The number of H-pyrrole nitrogens is 1. The van der Waals surface area contributed by atoms with Gasteiger partial charge in [-0.1, -0.05) is 32.6 Å². The third kappa shape index (κ3) is 4.34. The second-order valence-corrected chi connectivity index (χ2v) is 4.16. The Hall–Kier alpha value is -2.82. The summed E-state index contributed by atoms with van der Waals surface area (Å²) in [6.07, 6.45) is 5.50. The first kappa shape index (κ1) is 17.2. The van der Waals surface area contributed by atoms with E-state index in [0.717, 1.165) is 17.1 Å². The Labute approximate surface area is 131 Å². The van der Waals surface area contributed by atoms with E-state index in [9.17, 15) is 4.79 Å². The molecule has 5 heteroatoms. The monoisotopic (exact) mass is 298 g/mol. The van der Waals surface area contributed by atoms with Gasteiger partial charge in [0.15, 0.2) is 0 Å². The van der Waals surface area contributed by atoms with Crippen LogP contribution in [0, 0.1) is 0 Å². The highest BCUT2D eigenvalue weighted by Crippen LogP contribution is 2.18. The Morgan fingerprint density at radius 2 is 2.14 bits per heavy atom.